The molecule has 0 saturated carbocycles. The van der Waals surface area contributed by atoms with Crippen molar-refractivity contribution in [3.63, 3.8) is 0 Å². The molecule has 2 aromatic rings. The lowest BCUT2D eigenvalue weighted by Crippen LogP contribution is -2.12. The van der Waals surface area contributed by atoms with E-state index in [0.29, 0.717) is 5.56 Å². The minimum absolute atomic E-state index is 0.708. The Morgan fingerprint density at radius 2 is 2.17 bits per heavy atom. The van der Waals surface area contributed by atoms with Gasteiger partial charge < -0.3 is 5.32 Å². The summed E-state index contributed by atoms with van der Waals surface area (Å²) in [5, 5.41) is 13.3. The largest absolute Gasteiger partial charge is 0.308 e. The zero-order valence-corrected chi connectivity index (χ0v) is 11.3. The van der Waals surface area contributed by atoms with Gasteiger partial charge in [-0.25, -0.2) is 4.98 Å². The summed E-state index contributed by atoms with van der Waals surface area (Å²) in [6, 6.07) is 9.83. The molecule has 3 nitrogen and oxygen atoms in total. The van der Waals surface area contributed by atoms with Crippen LogP contribution in [0, 0.1) is 25.2 Å². The van der Waals surface area contributed by atoms with Gasteiger partial charge in [-0.3, -0.25) is 0 Å². The monoisotopic (exact) mass is 257 g/mol. The van der Waals surface area contributed by atoms with Crippen LogP contribution in [0.3, 0.4) is 0 Å². The van der Waals surface area contributed by atoms with Gasteiger partial charge in [0.1, 0.15) is 0 Å². The van der Waals surface area contributed by atoms with E-state index in [2.05, 4.69) is 16.4 Å². The minimum atomic E-state index is 0.708. The number of nitrogens with one attached hydrogen (secondary N) is 1. The van der Waals surface area contributed by atoms with Crippen molar-refractivity contribution in [3.8, 4) is 6.07 Å². The molecule has 0 amide bonds. The number of aromatic nitrogens is 1. The molecule has 0 radical (unpaired) electrons. The SMILES string of the molecule is Cc1nc(C)c(CNCc2cccc(C#N)c2)s1. The molecule has 0 unspecified atom stereocenters. The Labute approximate surface area is 111 Å². The molecule has 0 atom stereocenters. The third-order valence-corrected chi connectivity index (χ3v) is 3.74. The first-order chi connectivity index (χ1) is 8.69. The van der Waals surface area contributed by atoms with Crippen molar-refractivity contribution in [1.29, 1.82) is 5.26 Å². The first kappa shape index (κ1) is 12.7. The van der Waals surface area contributed by atoms with E-state index in [-0.39, 0.29) is 0 Å². The topological polar surface area (TPSA) is 48.7 Å². The molecule has 0 aliphatic heterocycles. The van der Waals surface area contributed by atoms with Gasteiger partial charge in [0.05, 0.1) is 22.3 Å². The standard InChI is InChI=1S/C14H15N3S/c1-10-14(18-11(2)17-10)9-16-8-13-5-3-4-12(6-13)7-15/h3-6,16H,8-9H2,1-2H3. The summed E-state index contributed by atoms with van der Waals surface area (Å²) < 4.78 is 0. The maximum atomic E-state index is 8.83. The van der Waals surface area contributed by atoms with Crippen LogP contribution in [0.2, 0.25) is 0 Å². The summed E-state index contributed by atoms with van der Waals surface area (Å²) >= 11 is 1.73. The molecule has 0 spiro atoms. The molecule has 92 valence electrons. The Bertz CT molecular complexity index is 581. The number of thiazole rings is 1. The number of benzene rings is 1. The summed E-state index contributed by atoms with van der Waals surface area (Å²) in [6.07, 6.45) is 0. The zero-order valence-electron chi connectivity index (χ0n) is 10.5. The lowest BCUT2D eigenvalue weighted by molar-refractivity contribution is 0.697. The Kier molecular flexibility index (Phi) is 4.08. The van der Waals surface area contributed by atoms with Gasteiger partial charge in [-0.05, 0) is 31.5 Å². The van der Waals surface area contributed by atoms with E-state index in [9.17, 15) is 0 Å². The highest BCUT2D eigenvalue weighted by atomic mass is 32.1. The molecule has 0 bridgehead atoms. The fraction of sp³-hybridized carbons (Fsp3) is 0.286. The van der Waals surface area contributed by atoms with Crippen molar-refractivity contribution in [2.24, 2.45) is 0 Å². The molecule has 0 fully saturated rings. The summed E-state index contributed by atoms with van der Waals surface area (Å²) in [5.74, 6) is 0. The van der Waals surface area contributed by atoms with Crippen LogP contribution in [-0.4, -0.2) is 4.98 Å². The van der Waals surface area contributed by atoms with Crippen LogP contribution in [0.25, 0.3) is 0 Å². The van der Waals surface area contributed by atoms with Gasteiger partial charge in [0.2, 0.25) is 0 Å². The van der Waals surface area contributed by atoms with E-state index in [0.717, 1.165) is 29.4 Å². The van der Waals surface area contributed by atoms with Crippen molar-refractivity contribution in [1.82, 2.24) is 10.3 Å². The molecule has 4 heteroatoms. The molecule has 18 heavy (non-hydrogen) atoms. The molecule has 1 N–H and O–H groups in total. The second-order valence-corrected chi connectivity index (χ2v) is 5.44. The lowest BCUT2D eigenvalue weighted by atomic mass is 10.1. The summed E-state index contributed by atoms with van der Waals surface area (Å²) in [7, 11) is 0. The maximum absolute atomic E-state index is 8.83. The molecule has 1 aromatic carbocycles. The first-order valence-corrected chi connectivity index (χ1v) is 6.63. The van der Waals surface area contributed by atoms with E-state index >= 15 is 0 Å². The fourth-order valence-corrected chi connectivity index (χ4v) is 2.72. The molecule has 1 heterocycles. The van der Waals surface area contributed by atoms with Crippen LogP contribution in [-0.2, 0) is 13.1 Å². The highest BCUT2D eigenvalue weighted by molar-refractivity contribution is 7.11. The molecular weight excluding hydrogens is 242 g/mol. The molecule has 2 rings (SSSR count). The van der Waals surface area contributed by atoms with Crippen LogP contribution in [0.5, 0.6) is 0 Å². The van der Waals surface area contributed by atoms with Gasteiger partial charge in [0.25, 0.3) is 0 Å². The average Bonchev–Trinajstić information content (AvgIpc) is 2.68. The Hall–Kier alpha value is -1.70. The highest BCUT2D eigenvalue weighted by Gasteiger charge is 2.04. The number of rotatable bonds is 4. The first-order valence-electron chi connectivity index (χ1n) is 5.81. The van der Waals surface area contributed by atoms with E-state index in [1.54, 1.807) is 11.3 Å². The smallest absolute Gasteiger partial charge is 0.0991 e. The third-order valence-electron chi connectivity index (χ3n) is 2.67. The van der Waals surface area contributed by atoms with Crippen molar-refractivity contribution in [3.05, 3.63) is 51.0 Å². The molecule has 0 saturated heterocycles. The Balaban J connectivity index is 1.92. The van der Waals surface area contributed by atoms with Crippen molar-refractivity contribution >= 4 is 11.3 Å². The second kappa shape index (κ2) is 5.76. The number of nitriles is 1. The molecule has 1 aromatic heterocycles. The predicted molar refractivity (Wildman–Crippen MR) is 73.3 cm³/mol. The predicted octanol–water partition coefficient (Wildman–Crippen LogP) is 2.92. The van der Waals surface area contributed by atoms with Crippen LogP contribution in [0.4, 0.5) is 0 Å². The highest BCUT2D eigenvalue weighted by Crippen LogP contribution is 2.16. The van der Waals surface area contributed by atoms with E-state index < -0.39 is 0 Å². The number of hydrogen-bond acceptors (Lipinski definition) is 4. The summed E-state index contributed by atoms with van der Waals surface area (Å²) in [5.41, 5.74) is 2.95. The number of hydrogen-bond donors (Lipinski definition) is 1. The molecular formula is C14H15N3S. The maximum Gasteiger partial charge on any atom is 0.0991 e. The Morgan fingerprint density at radius 1 is 1.33 bits per heavy atom. The van der Waals surface area contributed by atoms with E-state index in [4.69, 9.17) is 5.26 Å². The minimum Gasteiger partial charge on any atom is -0.308 e. The van der Waals surface area contributed by atoms with Gasteiger partial charge in [-0.2, -0.15) is 5.26 Å². The van der Waals surface area contributed by atoms with Crippen molar-refractivity contribution in [2.45, 2.75) is 26.9 Å². The fourth-order valence-electron chi connectivity index (χ4n) is 1.81. The lowest BCUT2D eigenvalue weighted by Gasteiger charge is -2.04. The Morgan fingerprint density at radius 3 is 2.83 bits per heavy atom. The molecule has 0 aliphatic carbocycles. The van der Waals surface area contributed by atoms with Gasteiger partial charge in [0, 0.05) is 18.0 Å². The van der Waals surface area contributed by atoms with Gasteiger partial charge in [-0.1, -0.05) is 12.1 Å². The second-order valence-electron chi connectivity index (χ2n) is 4.16. The number of nitrogens with zero attached hydrogens (tertiary/aromatic N) is 2. The van der Waals surface area contributed by atoms with Crippen LogP contribution in [0.1, 0.15) is 26.7 Å². The average molecular weight is 257 g/mol. The van der Waals surface area contributed by atoms with Gasteiger partial charge in [0.15, 0.2) is 0 Å². The van der Waals surface area contributed by atoms with Gasteiger partial charge >= 0.3 is 0 Å². The van der Waals surface area contributed by atoms with E-state index in [1.165, 1.54) is 4.88 Å². The normalized spacial score (nSPS) is 10.3. The third kappa shape index (κ3) is 3.16. The van der Waals surface area contributed by atoms with Crippen LogP contribution < -0.4 is 5.32 Å². The van der Waals surface area contributed by atoms with Crippen LogP contribution in [0.15, 0.2) is 24.3 Å². The molecule has 0 aliphatic rings. The summed E-state index contributed by atoms with van der Waals surface area (Å²) in [4.78, 5) is 5.68. The van der Waals surface area contributed by atoms with Gasteiger partial charge in [-0.15, -0.1) is 11.3 Å². The number of aryl methyl sites for hydroxylation is 2. The van der Waals surface area contributed by atoms with Crippen molar-refractivity contribution < 1.29 is 0 Å². The summed E-state index contributed by atoms with van der Waals surface area (Å²) in [6.45, 7) is 5.66. The van der Waals surface area contributed by atoms with Crippen LogP contribution >= 0.6 is 11.3 Å². The quantitative estimate of drug-likeness (QED) is 0.916. The van der Waals surface area contributed by atoms with E-state index in [1.807, 2.05) is 38.1 Å². The zero-order chi connectivity index (χ0) is 13.0. The van der Waals surface area contributed by atoms with Crippen molar-refractivity contribution in [2.75, 3.05) is 0 Å².